The Kier molecular flexibility index (Phi) is 8.21. The number of ether oxygens (including phenoxy) is 1. The summed E-state index contributed by atoms with van der Waals surface area (Å²) in [5, 5.41) is 3.92. The van der Waals surface area contributed by atoms with Crippen LogP contribution in [-0.4, -0.2) is 65.3 Å². The maximum atomic E-state index is 12.7. The van der Waals surface area contributed by atoms with Crippen molar-refractivity contribution in [3.05, 3.63) is 88.3 Å². The smallest absolute Gasteiger partial charge is 0.406 e. The van der Waals surface area contributed by atoms with Crippen molar-refractivity contribution in [2.24, 2.45) is 0 Å². The summed E-state index contributed by atoms with van der Waals surface area (Å²) in [6.07, 6.45) is -1.79. The Hall–Kier alpha value is -4.01. The highest BCUT2D eigenvalue weighted by Gasteiger charge is 2.31. The summed E-state index contributed by atoms with van der Waals surface area (Å²) >= 11 is 0. The van der Waals surface area contributed by atoms with Crippen LogP contribution in [0.1, 0.15) is 29.9 Å². The molecule has 0 saturated carbocycles. The molecule has 0 atom stereocenters. The fourth-order valence-corrected chi connectivity index (χ4v) is 5.97. The molecule has 1 aliphatic rings. The van der Waals surface area contributed by atoms with Crippen LogP contribution >= 0.6 is 0 Å². The van der Waals surface area contributed by atoms with Crippen molar-refractivity contribution in [1.29, 1.82) is 0 Å². The third-order valence-corrected chi connectivity index (χ3v) is 8.96. The number of hydrogen-bond donors (Lipinski definition) is 0. The van der Waals surface area contributed by atoms with Crippen LogP contribution in [0.3, 0.4) is 0 Å². The minimum absolute atomic E-state index is 0.141. The number of hydrogen-bond acceptors (Lipinski definition) is 7. The lowest BCUT2D eigenvalue weighted by Gasteiger charge is -2.33. The van der Waals surface area contributed by atoms with Gasteiger partial charge in [0.05, 0.1) is 12.1 Å². The van der Waals surface area contributed by atoms with Gasteiger partial charge in [-0.2, -0.15) is 22.0 Å². The summed E-state index contributed by atoms with van der Waals surface area (Å²) in [6.45, 7) is 1.17. The normalized spacial score (nSPS) is 15.3. The van der Waals surface area contributed by atoms with E-state index >= 15 is 0 Å². The van der Waals surface area contributed by atoms with Crippen LogP contribution in [0.5, 0.6) is 5.75 Å². The Morgan fingerprint density at radius 2 is 1.71 bits per heavy atom. The number of rotatable bonds is 8. The monoisotopic (exact) mass is 603 g/mol. The van der Waals surface area contributed by atoms with E-state index in [0.717, 1.165) is 23.3 Å². The molecule has 0 amide bonds. The standard InChI is InChI=1S/C28H28F3N5O5S/c1-34(2)42(38,39)36-14-12-20(13-15-36)22-5-3-4-19(16-22)17-35-18-23(8-11-25(35)37)27-32-26(33-41-27)21-6-9-24(10-7-21)40-28(29,30)31/h3-11,16,18,20H,12-15,17H2,1-2H3. The van der Waals surface area contributed by atoms with E-state index in [-0.39, 0.29) is 35.5 Å². The first-order valence-corrected chi connectivity index (χ1v) is 14.5. The molecule has 0 radical (unpaired) electrons. The van der Waals surface area contributed by atoms with Crippen LogP contribution in [0, 0.1) is 0 Å². The van der Waals surface area contributed by atoms with Crippen LogP contribution in [-0.2, 0) is 16.8 Å². The lowest BCUT2D eigenvalue weighted by molar-refractivity contribution is -0.274. The van der Waals surface area contributed by atoms with Gasteiger partial charge in [-0.3, -0.25) is 4.79 Å². The predicted octanol–water partition coefficient (Wildman–Crippen LogP) is 4.50. The van der Waals surface area contributed by atoms with Gasteiger partial charge in [0.25, 0.3) is 21.7 Å². The molecule has 0 aliphatic carbocycles. The summed E-state index contributed by atoms with van der Waals surface area (Å²) < 4.78 is 75.6. The molecule has 1 fully saturated rings. The number of halogens is 3. The zero-order valence-corrected chi connectivity index (χ0v) is 23.6. The molecular weight excluding hydrogens is 575 g/mol. The van der Waals surface area contributed by atoms with Gasteiger partial charge in [0.1, 0.15) is 5.75 Å². The second kappa shape index (κ2) is 11.7. The van der Waals surface area contributed by atoms with Crippen LogP contribution in [0.2, 0.25) is 0 Å². The van der Waals surface area contributed by atoms with Gasteiger partial charge < -0.3 is 13.8 Å². The third kappa shape index (κ3) is 6.72. The lowest BCUT2D eigenvalue weighted by Crippen LogP contribution is -2.44. The maximum absolute atomic E-state index is 12.7. The minimum atomic E-state index is -4.79. The zero-order chi connectivity index (χ0) is 30.1. The van der Waals surface area contributed by atoms with E-state index in [9.17, 15) is 26.4 Å². The van der Waals surface area contributed by atoms with Gasteiger partial charge in [0.15, 0.2) is 0 Å². The van der Waals surface area contributed by atoms with Crippen molar-refractivity contribution in [2.75, 3.05) is 27.2 Å². The first-order chi connectivity index (χ1) is 19.9. The first kappa shape index (κ1) is 29.5. The summed E-state index contributed by atoms with van der Waals surface area (Å²) in [6, 6.07) is 15.9. The largest absolute Gasteiger partial charge is 0.573 e. The second-order valence-electron chi connectivity index (χ2n) is 10.1. The fourth-order valence-electron chi connectivity index (χ4n) is 4.84. The molecule has 10 nitrogen and oxygen atoms in total. The van der Waals surface area contributed by atoms with E-state index in [1.54, 1.807) is 12.3 Å². The molecule has 2 aromatic carbocycles. The molecular formula is C28H28F3N5O5S. The predicted molar refractivity (Wildman–Crippen MR) is 148 cm³/mol. The van der Waals surface area contributed by atoms with E-state index in [1.165, 1.54) is 45.5 Å². The minimum Gasteiger partial charge on any atom is -0.406 e. The molecule has 1 aliphatic heterocycles. The summed E-state index contributed by atoms with van der Waals surface area (Å²) in [5.74, 6) is 0.141. The SMILES string of the molecule is CN(C)S(=O)(=O)N1CCC(c2cccc(Cn3cc(-c4nc(-c5ccc(OC(F)(F)F)cc5)no4)ccc3=O)c2)CC1. The van der Waals surface area contributed by atoms with Crippen LogP contribution < -0.4 is 10.3 Å². The van der Waals surface area contributed by atoms with Crippen LogP contribution in [0.25, 0.3) is 22.8 Å². The molecule has 0 bridgehead atoms. The van der Waals surface area contributed by atoms with Gasteiger partial charge in [-0.15, -0.1) is 13.2 Å². The highest BCUT2D eigenvalue weighted by atomic mass is 32.2. The average Bonchev–Trinajstić information content (AvgIpc) is 3.44. The summed E-state index contributed by atoms with van der Waals surface area (Å²) in [4.78, 5) is 17.0. The average molecular weight is 604 g/mol. The van der Waals surface area contributed by atoms with E-state index < -0.39 is 16.6 Å². The van der Waals surface area contributed by atoms with Crippen molar-refractivity contribution in [2.45, 2.75) is 31.7 Å². The number of alkyl halides is 3. The highest BCUT2D eigenvalue weighted by molar-refractivity contribution is 7.86. The van der Waals surface area contributed by atoms with Crippen molar-refractivity contribution in [1.82, 2.24) is 23.3 Å². The van der Waals surface area contributed by atoms with Crippen molar-refractivity contribution in [3.8, 4) is 28.6 Å². The Morgan fingerprint density at radius 3 is 2.38 bits per heavy atom. The zero-order valence-electron chi connectivity index (χ0n) is 22.8. The number of pyridine rings is 1. The molecule has 2 aromatic heterocycles. The summed E-state index contributed by atoms with van der Waals surface area (Å²) in [5.41, 5.74) is 2.69. The van der Waals surface area contributed by atoms with Gasteiger partial charge in [-0.05, 0) is 60.2 Å². The third-order valence-electron chi connectivity index (χ3n) is 7.02. The van der Waals surface area contributed by atoms with Gasteiger partial charge in [-0.25, -0.2) is 0 Å². The molecule has 0 spiro atoms. The molecule has 1 saturated heterocycles. The second-order valence-corrected chi connectivity index (χ2v) is 12.2. The number of piperidine rings is 1. The number of aromatic nitrogens is 3. The van der Waals surface area contributed by atoms with E-state index in [0.29, 0.717) is 37.1 Å². The molecule has 42 heavy (non-hydrogen) atoms. The van der Waals surface area contributed by atoms with Gasteiger partial charge >= 0.3 is 6.36 Å². The van der Waals surface area contributed by atoms with E-state index in [4.69, 9.17) is 4.52 Å². The molecule has 0 N–H and O–H groups in total. The molecule has 0 unspecified atom stereocenters. The van der Waals surface area contributed by atoms with Gasteiger partial charge in [-0.1, -0.05) is 29.4 Å². The van der Waals surface area contributed by atoms with Crippen molar-refractivity contribution in [3.63, 3.8) is 0 Å². The Balaban J connectivity index is 1.29. The molecule has 14 heteroatoms. The van der Waals surface area contributed by atoms with E-state index in [2.05, 4.69) is 14.9 Å². The molecule has 3 heterocycles. The molecule has 4 aromatic rings. The van der Waals surface area contributed by atoms with Crippen LogP contribution in [0.4, 0.5) is 13.2 Å². The first-order valence-electron chi connectivity index (χ1n) is 13.1. The molecule has 222 valence electrons. The van der Waals surface area contributed by atoms with Crippen LogP contribution in [0.15, 0.2) is 76.2 Å². The quantitative estimate of drug-likeness (QED) is 0.292. The van der Waals surface area contributed by atoms with Gasteiger partial charge in [0, 0.05) is 45.0 Å². The van der Waals surface area contributed by atoms with E-state index in [1.807, 2.05) is 24.3 Å². The number of nitrogens with zero attached hydrogens (tertiary/aromatic N) is 5. The number of benzene rings is 2. The topological polar surface area (TPSA) is 111 Å². The Labute approximate surface area is 240 Å². The highest BCUT2D eigenvalue weighted by Crippen LogP contribution is 2.30. The maximum Gasteiger partial charge on any atom is 0.573 e. The Morgan fingerprint density at radius 1 is 1.02 bits per heavy atom. The van der Waals surface area contributed by atoms with Gasteiger partial charge in [0.2, 0.25) is 5.82 Å². The molecule has 5 rings (SSSR count). The Bertz CT molecular complexity index is 1710. The summed E-state index contributed by atoms with van der Waals surface area (Å²) in [7, 11) is -0.388. The fraction of sp³-hybridized carbons (Fsp3) is 0.321. The van der Waals surface area contributed by atoms with Crippen molar-refractivity contribution < 1.29 is 30.8 Å². The lowest BCUT2D eigenvalue weighted by atomic mass is 9.89. The van der Waals surface area contributed by atoms with Crippen molar-refractivity contribution >= 4 is 10.2 Å².